The number of carboxylic acids is 1. The molecule has 0 aliphatic rings. The van der Waals surface area contributed by atoms with E-state index in [2.05, 4.69) is 12.6 Å². The molecule has 0 aliphatic carbocycles. The van der Waals surface area contributed by atoms with Crippen molar-refractivity contribution in [3.63, 3.8) is 0 Å². The SMILES string of the molecule is CC(S)(C(=O)O)c1ccc(O)cc1. The van der Waals surface area contributed by atoms with Crippen LogP contribution in [0.5, 0.6) is 5.75 Å². The molecule has 0 amide bonds. The largest absolute Gasteiger partial charge is 0.508 e. The van der Waals surface area contributed by atoms with Gasteiger partial charge in [0, 0.05) is 0 Å². The fourth-order valence-electron chi connectivity index (χ4n) is 0.909. The number of thiol groups is 1. The van der Waals surface area contributed by atoms with E-state index in [0.29, 0.717) is 5.56 Å². The summed E-state index contributed by atoms with van der Waals surface area (Å²) in [5.74, 6) is -0.903. The van der Waals surface area contributed by atoms with E-state index < -0.39 is 10.7 Å². The first-order chi connectivity index (χ1) is 5.94. The summed E-state index contributed by atoms with van der Waals surface area (Å²) in [6.45, 7) is 1.49. The fraction of sp³-hybridized carbons (Fsp3) is 0.222. The van der Waals surface area contributed by atoms with Crippen molar-refractivity contribution >= 4 is 18.6 Å². The van der Waals surface area contributed by atoms with Gasteiger partial charge in [-0.15, -0.1) is 0 Å². The van der Waals surface area contributed by atoms with Gasteiger partial charge in [-0.2, -0.15) is 12.6 Å². The molecular weight excluding hydrogens is 188 g/mol. The van der Waals surface area contributed by atoms with Crippen molar-refractivity contribution in [2.24, 2.45) is 0 Å². The van der Waals surface area contributed by atoms with Crippen LogP contribution in [0, 0.1) is 0 Å². The van der Waals surface area contributed by atoms with Gasteiger partial charge in [-0.05, 0) is 24.6 Å². The predicted molar refractivity (Wildman–Crippen MR) is 52.1 cm³/mol. The number of carboxylic acid groups (broad SMARTS) is 1. The maximum Gasteiger partial charge on any atom is 0.323 e. The summed E-state index contributed by atoms with van der Waals surface area (Å²) in [4.78, 5) is 10.8. The number of rotatable bonds is 2. The Morgan fingerprint density at radius 2 is 1.85 bits per heavy atom. The van der Waals surface area contributed by atoms with Crippen LogP contribution < -0.4 is 0 Å². The Morgan fingerprint density at radius 3 is 2.23 bits per heavy atom. The van der Waals surface area contributed by atoms with Crippen LogP contribution in [0.3, 0.4) is 0 Å². The van der Waals surface area contributed by atoms with Crippen LogP contribution in [-0.4, -0.2) is 16.2 Å². The highest BCUT2D eigenvalue weighted by atomic mass is 32.1. The zero-order valence-corrected chi connectivity index (χ0v) is 7.95. The van der Waals surface area contributed by atoms with Gasteiger partial charge >= 0.3 is 5.97 Å². The Morgan fingerprint density at radius 1 is 1.38 bits per heavy atom. The molecule has 2 N–H and O–H groups in total. The molecule has 0 bridgehead atoms. The average molecular weight is 198 g/mol. The number of phenolic OH excluding ortho intramolecular Hbond substituents is 1. The zero-order valence-electron chi connectivity index (χ0n) is 7.06. The second-order valence-corrected chi connectivity index (χ2v) is 3.82. The van der Waals surface area contributed by atoms with Crippen LogP contribution in [0.25, 0.3) is 0 Å². The number of carbonyl (C=O) groups is 1. The first-order valence-corrected chi connectivity index (χ1v) is 4.14. The quantitative estimate of drug-likeness (QED) is 0.633. The molecule has 1 rings (SSSR count). The highest BCUT2D eigenvalue weighted by molar-refractivity contribution is 7.82. The van der Waals surface area contributed by atoms with Gasteiger partial charge in [-0.25, -0.2) is 0 Å². The molecule has 4 heteroatoms. The highest BCUT2D eigenvalue weighted by Crippen LogP contribution is 2.29. The molecule has 1 aromatic carbocycles. The molecule has 3 nitrogen and oxygen atoms in total. The minimum atomic E-state index is -1.21. The Hall–Kier alpha value is -1.16. The molecule has 0 fully saturated rings. The molecule has 0 saturated carbocycles. The topological polar surface area (TPSA) is 57.5 Å². The van der Waals surface area contributed by atoms with Gasteiger partial charge in [0.25, 0.3) is 0 Å². The summed E-state index contributed by atoms with van der Waals surface area (Å²) < 4.78 is -1.21. The van der Waals surface area contributed by atoms with Crippen molar-refractivity contribution in [1.82, 2.24) is 0 Å². The Kier molecular flexibility index (Phi) is 2.52. The van der Waals surface area contributed by atoms with Crippen LogP contribution in [0.1, 0.15) is 12.5 Å². The lowest BCUT2D eigenvalue weighted by molar-refractivity contribution is -0.139. The fourth-order valence-corrected chi connectivity index (χ4v) is 1.06. The van der Waals surface area contributed by atoms with E-state index in [1.807, 2.05) is 0 Å². The minimum absolute atomic E-state index is 0.110. The molecule has 0 aliphatic heterocycles. The maximum atomic E-state index is 10.8. The molecule has 1 atom stereocenters. The van der Waals surface area contributed by atoms with Crippen LogP contribution in [-0.2, 0) is 9.54 Å². The van der Waals surface area contributed by atoms with E-state index in [0.717, 1.165) is 0 Å². The molecule has 1 unspecified atom stereocenters. The van der Waals surface area contributed by atoms with Crippen molar-refractivity contribution in [2.45, 2.75) is 11.7 Å². The van der Waals surface area contributed by atoms with Crippen molar-refractivity contribution in [2.75, 3.05) is 0 Å². The van der Waals surface area contributed by atoms with Crippen LogP contribution in [0.2, 0.25) is 0 Å². The summed E-state index contributed by atoms with van der Waals surface area (Å²) in [6.07, 6.45) is 0. The third-order valence-corrected chi connectivity index (χ3v) is 2.30. The summed E-state index contributed by atoms with van der Waals surface area (Å²) in [6, 6.07) is 5.95. The number of aliphatic carboxylic acids is 1. The van der Waals surface area contributed by atoms with Crippen molar-refractivity contribution < 1.29 is 15.0 Å². The molecule has 0 aromatic heterocycles. The first kappa shape index (κ1) is 9.92. The smallest absolute Gasteiger partial charge is 0.323 e. The first-order valence-electron chi connectivity index (χ1n) is 3.70. The van der Waals surface area contributed by atoms with E-state index >= 15 is 0 Å². The predicted octanol–water partition coefficient (Wildman–Crippen LogP) is 1.62. The van der Waals surface area contributed by atoms with E-state index in [-0.39, 0.29) is 5.75 Å². The van der Waals surface area contributed by atoms with Crippen LogP contribution in [0.4, 0.5) is 0 Å². The van der Waals surface area contributed by atoms with Gasteiger partial charge in [-0.3, -0.25) is 4.79 Å². The van der Waals surface area contributed by atoms with Crippen LogP contribution in [0.15, 0.2) is 24.3 Å². The summed E-state index contributed by atoms with van der Waals surface area (Å²) >= 11 is 4.02. The lowest BCUT2D eigenvalue weighted by Gasteiger charge is -2.18. The van der Waals surface area contributed by atoms with Crippen molar-refractivity contribution in [3.05, 3.63) is 29.8 Å². The van der Waals surface area contributed by atoms with Crippen molar-refractivity contribution in [1.29, 1.82) is 0 Å². The number of aromatic hydroxyl groups is 1. The third-order valence-electron chi connectivity index (χ3n) is 1.85. The Labute approximate surface area is 81.4 Å². The molecule has 0 heterocycles. The van der Waals surface area contributed by atoms with E-state index in [1.165, 1.54) is 31.2 Å². The lowest BCUT2D eigenvalue weighted by Crippen LogP contribution is -2.25. The van der Waals surface area contributed by atoms with E-state index in [9.17, 15) is 4.79 Å². The summed E-state index contributed by atoms with van der Waals surface area (Å²) in [7, 11) is 0. The standard InChI is InChI=1S/C9H10O3S/c1-9(13,8(11)12)6-2-4-7(10)5-3-6/h2-5,10,13H,1H3,(H,11,12). The number of hydrogen-bond donors (Lipinski definition) is 3. The third kappa shape index (κ3) is 1.95. The van der Waals surface area contributed by atoms with Gasteiger partial charge in [0.15, 0.2) is 0 Å². The molecule has 0 saturated heterocycles. The highest BCUT2D eigenvalue weighted by Gasteiger charge is 2.30. The summed E-state index contributed by atoms with van der Waals surface area (Å²) in [5.41, 5.74) is 0.543. The monoisotopic (exact) mass is 198 g/mol. The molecule has 70 valence electrons. The Bertz CT molecular complexity index is 316. The van der Waals surface area contributed by atoms with Gasteiger partial charge in [0.1, 0.15) is 10.5 Å². The van der Waals surface area contributed by atoms with E-state index in [1.54, 1.807) is 0 Å². The van der Waals surface area contributed by atoms with Crippen molar-refractivity contribution in [3.8, 4) is 5.75 Å². The second-order valence-electron chi connectivity index (χ2n) is 2.92. The number of hydrogen-bond acceptors (Lipinski definition) is 3. The summed E-state index contributed by atoms with van der Waals surface area (Å²) in [5, 5.41) is 17.8. The van der Waals surface area contributed by atoms with Gasteiger partial charge < -0.3 is 10.2 Å². The maximum absolute atomic E-state index is 10.8. The second kappa shape index (κ2) is 3.30. The minimum Gasteiger partial charge on any atom is -0.508 e. The number of benzene rings is 1. The number of phenols is 1. The molecule has 1 aromatic rings. The normalized spacial score (nSPS) is 14.9. The van der Waals surface area contributed by atoms with Gasteiger partial charge in [0.05, 0.1) is 0 Å². The molecule has 13 heavy (non-hydrogen) atoms. The molecular formula is C9H10O3S. The van der Waals surface area contributed by atoms with Gasteiger partial charge in [-0.1, -0.05) is 12.1 Å². The zero-order chi connectivity index (χ0) is 10.1. The van der Waals surface area contributed by atoms with E-state index in [4.69, 9.17) is 10.2 Å². The molecule has 0 spiro atoms. The lowest BCUT2D eigenvalue weighted by atomic mass is 10.0. The van der Waals surface area contributed by atoms with Crippen LogP contribution >= 0.6 is 12.6 Å². The molecule has 0 radical (unpaired) electrons. The average Bonchev–Trinajstić information content (AvgIpc) is 2.04. The van der Waals surface area contributed by atoms with Gasteiger partial charge in [0.2, 0.25) is 0 Å². The Balaban J connectivity index is 3.08.